The van der Waals surface area contributed by atoms with Crippen LogP contribution in [0.1, 0.15) is 13.8 Å². The third-order valence-electron chi connectivity index (χ3n) is 3.30. The number of halogens is 2. The number of benzene rings is 2. The highest BCUT2D eigenvalue weighted by Crippen LogP contribution is 2.36. The lowest BCUT2D eigenvalue weighted by molar-refractivity contribution is -0.122. The minimum atomic E-state index is -0.708. The molecule has 7 heteroatoms. The highest BCUT2D eigenvalue weighted by Gasteiger charge is 2.18. The molecule has 1 N–H and O–H groups in total. The molecule has 1 atom stereocenters. The Morgan fingerprint density at radius 3 is 2.48 bits per heavy atom. The Balaban J connectivity index is 2.10. The summed E-state index contributed by atoms with van der Waals surface area (Å²) in [5.41, 5.74) is 0.483. The van der Waals surface area contributed by atoms with Crippen LogP contribution in [0.3, 0.4) is 0 Å². The molecule has 0 bridgehead atoms. The van der Waals surface area contributed by atoms with Gasteiger partial charge in [0.2, 0.25) is 0 Å². The molecule has 25 heavy (non-hydrogen) atoms. The minimum absolute atomic E-state index is 0.314. The molecule has 2 aromatic carbocycles. The van der Waals surface area contributed by atoms with Crippen LogP contribution in [0.25, 0.3) is 0 Å². The Bertz CT molecular complexity index is 737. The topological polar surface area (TPSA) is 56.8 Å². The quantitative estimate of drug-likeness (QED) is 0.680. The van der Waals surface area contributed by atoms with Gasteiger partial charge in [0.15, 0.2) is 11.9 Å². The molecule has 1 amide bonds. The second-order valence-electron chi connectivity index (χ2n) is 5.12. The fraction of sp³-hybridized carbons (Fsp3) is 0.278. The first-order valence-corrected chi connectivity index (χ1v) is 8.85. The number of carbonyl (C=O) groups is 1. The van der Waals surface area contributed by atoms with Crippen molar-refractivity contribution in [3.05, 3.63) is 45.9 Å². The summed E-state index contributed by atoms with van der Waals surface area (Å²) in [5, 5.41) is 3.27. The van der Waals surface area contributed by atoms with Crippen LogP contribution >= 0.6 is 27.5 Å². The fourth-order valence-corrected chi connectivity index (χ4v) is 3.02. The summed E-state index contributed by atoms with van der Waals surface area (Å²) in [7, 11) is 1.59. The van der Waals surface area contributed by atoms with Gasteiger partial charge in [-0.05, 0) is 66.2 Å². The van der Waals surface area contributed by atoms with E-state index in [2.05, 4.69) is 21.2 Å². The Morgan fingerprint density at radius 1 is 1.24 bits per heavy atom. The van der Waals surface area contributed by atoms with Gasteiger partial charge in [0, 0.05) is 5.02 Å². The van der Waals surface area contributed by atoms with Gasteiger partial charge in [0.05, 0.1) is 23.9 Å². The zero-order valence-corrected chi connectivity index (χ0v) is 16.5. The van der Waals surface area contributed by atoms with Crippen molar-refractivity contribution in [2.75, 3.05) is 19.0 Å². The van der Waals surface area contributed by atoms with Crippen molar-refractivity contribution in [1.29, 1.82) is 0 Å². The summed E-state index contributed by atoms with van der Waals surface area (Å²) in [6.07, 6.45) is -0.708. The van der Waals surface area contributed by atoms with E-state index in [1.807, 2.05) is 6.92 Å². The third kappa shape index (κ3) is 5.28. The van der Waals surface area contributed by atoms with E-state index in [1.165, 1.54) is 0 Å². The summed E-state index contributed by atoms with van der Waals surface area (Å²) in [6, 6.07) is 10.4. The monoisotopic (exact) mass is 427 g/mol. The van der Waals surface area contributed by atoms with Gasteiger partial charge < -0.3 is 19.5 Å². The molecule has 0 aliphatic carbocycles. The number of hydrogen-bond donors (Lipinski definition) is 1. The molecular weight excluding hydrogens is 410 g/mol. The molecule has 0 radical (unpaired) electrons. The maximum absolute atomic E-state index is 12.4. The van der Waals surface area contributed by atoms with Crippen LogP contribution in [0.4, 0.5) is 5.69 Å². The van der Waals surface area contributed by atoms with Crippen LogP contribution in [0.5, 0.6) is 17.2 Å². The second-order valence-corrected chi connectivity index (χ2v) is 6.41. The van der Waals surface area contributed by atoms with Crippen LogP contribution in [0.2, 0.25) is 5.02 Å². The first-order chi connectivity index (χ1) is 11.9. The molecule has 0 aliphatic heterocycles. The molecule has 1 unspecified atom stereocenters. The van der Waals surface area contributed by atoms with Crippen molar-refractivity contribution in [2.45, 2.75) is 20.0 Å². The van der Waals surface area contributed by atoms with E-state index in [0.717, 1.165) is 5.75 Å². The van der Waals surface area contributed by atoms with Crippen molar-refractivity contribution < 1.29 is 19.0 Å². The number of methoxy groups -OCH3 is 1. The van der Waals surface area contributed by atoms with Crippen LogP contribution < -0.4 is 19.5 Å². The third-order valence-corrected chi connectivity index (χ3v) is 4.10. The van der Waals surface area contributed by atoms with Crippen LogP contribution in [0, 0.1) is 0 Å². The molecule has 0 spiro atoms. The van der Waals surface area contributed by atoms with E-state index in [0.29, 0.717) is 33.3 Å². The molecule has 0 saturated carbocycles. The SMILES string of the molecule is CCOc1c(Br)cc(Cl)cc1NC(=O)C(C)Oc1ccc(OC)cc1. The maximum atomic E-state index is 12.4. The minimum Gasteiger partial charge on any atom is -0.497 e. The van der Waals surface area contributed by atoms with Crippen molar-refractivity contribution >= 4 is 39.1 Å². The highest BCUT2D eigenvalue weighted by atomic mass is 79.9. The largest absolute Gasteiger partial charge is 0.497 e. The van der Waals surface area contributed by atoms with Gasteiger partial charge in [-0.25, -0.2) is 0 Å². The average Bonchev–Trinajstić information content (AvgIpc) is 2.58. The lowest BCUT2D eigenvalue weighted by Gasteiger charge is -2.17. The van der Waals surface area contributed by atoms with Crippen LogP contribution in [-0.4, -0.2) is 25.7 Å². The standard InChI is InChI=1S/C18H19BrClNO4/c1-4-24-17-15(19)9-12(20)10-16(17)21-18(22)11(2)25-14-7-5-13(23-3)6-8-14/h5-11H,4H2,1-3H3,(H,21,22). The zero-order valence-electron chi connectivity index (χ0n) is 14.1. The maximum Gasteiger partial charge on any atom is 0.265 e. The lowest BCUT2D eigenvalue weighted by Crippen LogP contribution is -2.30. The van der Waals surface area contributed by atoms with Crippen molar-refractivity contribution in [3.63, 3.8) is 0 Å². The molecule has 0 fully saturated rings. The molecule has 2 rings (SSSR count). The van der Waals surface area contributed by atoms with Gasteiger partial charge in [-0.3, -0.25) is 4.79 Å². The van der Waals surface area contributed by atoms with Gasteiger partial charge in [0.25, 0.3) is 5.91 Å². The summed E-state index contributed by atoms with van der Waals surface area (Å²) < 4.78 is 17.0. The van der Waals surface area contributed by atoms with Crippen molar-refractivity contribution in [1.82, 2.24) is 0 Å². The Hall–Kier alpha value is -1.92. The van der Waals surface area contributed by atoms with Gasteiger partial charge in [0.1, 0.15) is 11.5 Å². The zero-order chi connectivity index (χ0) is 18.4. The van der Waals surface area contributed by atoms with Crippen LogP contribution in [-0.2, 0) is 4.79 Å². The van der Waals surface area contributed by atoms with E-state index >= 15 is 0 Å². The van der Waals surface area contributed by atoms with Crippen molar-refractivity contribution in [2.24, 2.45) is 0 Å². The van der Waals surface area contributed by atoms with E-state index in [-0.39, 0.29) is 5.91 Å². The predicted molar refractivity (Wildman–Crippen MR) is 102 cm³/mol. The summed E-state index contributed by atoms with van der Waals surface area (Å²) in [6.45, 7) is 3.99. The number of anilines is 1. The summed E-state index contributed by atoms with van der Waals surface area (Å²) >= 11 is 9.45. The van der Waals surface area contributed by atoms with Gasteiger partial charge in [-0.15, -0.1) is 0 Å². The molecule has 0 saturated heterocycles. The first kappa shape index (κ1) is 19.4. The number of ether oxygens (including phenoxy) is 3. The van der Waals surface area contributed by atoms with E-state index in [1.54, 1.807) is 50.4 Å². The molecule has 0 heterocycles. The van der Waals surface area contributed by atoms with Gasteiger partial charge in [-0.2, -0.15) is 0 Å². The molecule has 0 aromatic heterocycles. The first-order valence-electron chi connectivity index (χ1n) is 7.68. The van der Waals surface area contributed by atoms with E-state index < -0.39 is 6.10 Å². The van der Waals surface area contributed by atoms with E-state index in [9.17, 15) is 4.79 Å². The average molecular weight is 429 g/mol. The van der Waals surface area contributed by atoms with E-state index in [4.69, 9.17) is 25.8 Å². The normalized spacial score (nSPS) is 11.6. The smallest absolute Gasteiger partial charge is 0.265 e. The summed E-state index contributed by atoms with van der Waals surface area (Å²) in [5.74, 6) is 1.50. The Morgan fingerprint density at radius 2 is 1.88 bits per heavy atom. The van der Waals surface area contributed by atoms with Gasteiger partial charge in [-0.1, -0.05) is 11.6 Å². The fourth-order valence-electron chi connectivity index (χ4n) is 2.09. The molecular formula is C18H19BrClNO4. The predicted octanol–water partition coefficient (Wildman–Crippen LogP) is 4.92. The number of amides is 1. The van der Waals surface area contributed by atoms with Gasteiger partial charge >= 0.3 is 0 Å². The molecule has 0 aliphatic rings. The molecule has 2 aromatic rings. The Labute approximate surface area is 160 Å². The second kappa shape index (κ2) is 8.97. The summed E-state index contributed by atoms with van der Waals surface area (Å²) in [4.78, 5) is 12.4. The molecule has 5 nitrogen and oxygen atoms in total. The van der Waals surface area contributed by atoms with Crippen molar-refractivity contribution in [3.8, 4) is 17.2 Å². The number of nitrogens with one attached hydrogen (secondary N) is 1. The highest BCUT2D eigenvalue weighted by molar-refractivity contribution is 9.10. The lowest BCUT2D eigenvalue weighted by atomic mass is 10.2. The molecule has 134 valence electrons. The number of hydrogen-bond acceptors (Lipinski definition) is 4. The number of carbonyl (C=O) groups excluding carboxylic acids is 1. The van der Waals surface area contributed by atoms with Crippen LogP contribution in [0.15, 0.2) is 40.9 Å². The number of rotatable bonds is 7. The Kier molecular flexibility index (Phi) is 6.96.